The van der Waals surface area contributed by atoms with Crippen LogP contribution in [0, 0.1) is 12.8 Å². The summed E-state index contributed by atoms with van der Waals surface area (Å²) in [5.41, 5.74) is 18.7. The molecule has 4 saturated heterocycles. The molecule has 4 fully saturated rings. The minimum Gasteiger partial charge on any atom is -0.494 e. The predicted molar refractivity (Wildman–Crippen MR) is 549 cm³/mol. The molecule has 776 valence electrons. The maximum Gasteiger partial charge on any atom is 0.416 e. The van der Waals surface area contributed by atoms with Gasteiger partial charge in [0.1, 0.15) is 23.9 Å². The van der Waals surface area contributed by atoms with Crippen LogP contribution in [0.3, 0.4) is 0 Å². The number of carbonyl (C=O) groups is 9. The van der Waals surface area contributed by atoms with E-state index >= 15 is 0 Å². The minimum atomic E-state index is -4.47. The van der Waals surface area contributed by atoms with Gasteiger partial charge in [0, 0.05) is 132 Å². The molecule has 1 amide bonds. The Bertz CT molecular complexity index is 5500. The highest BCUT2D eigenvalue weighted by Crippen LogP contribution is 2.37. The number of ketones is 6. The van der Waals surface area contributed by atoms with E-state index in [1.165, 1.54) is 45.0 Å². The summed E-state index contributed by atoms with van der Waals surface area (Å²) >= 11 is 3.10. The standard InChI is InChI=1S/C26H28F3N3O2.C21H28N2O3.C19H24N2O3.C14H16O4.C8H7BrO.C7H6F3N.C7H16N2O.C6H10O3.ClH/c1-19-23(25(33)30-22-10-5-9-21(17-22)26(27,28)29)18-24(20-7-3-2-4-8-20)32(19)12-6-11-31-13-15-34-16-14-31;1-3-26-21-19(17(2)24)16-20(18-8-5-4-6-9-18)23(21)11-7-10-22-12-14-25-15-13-22;1-15(22)17-14-18(16-6-3-2-4-7-16)21(19(17)23)9-5-8-20-10-12-24-13-11-20;1-3-18-14(17)12(10(2)15)9-13(16)11-7-5-4-6-8-11;9-6-8(10)7-4-2-1-3-5-7;8-7(9,10)5-2-1-3-6(11)4-5;8-2-1-3-9-4-6-10-7-5-9;1-3-9-6(8)4-5(2)7;/h2-5,7-10,17-18H,6,11-16H2,1H3,(H,30,33);4-6,8-9,16H,3,7,10-15H2,1-2H3;2-4,6-7,14,23H,5,8-13H2,1H3;4-8,12H,3,9H2,1-2H3;1-5H,6H2;1-4H,11H2;1-8H2;3-4H2,1-2H3;1H. The first-order valence-corrected chi connectivity index (χ1v) is 48.9. The van der Waals surface area contributed by atoms with Crippen LogP contribution in [-0.2, 0) is 79.6 Å². The zero-order valence-corrected chi connectivity index (χ0v) is 85.1. The van der Waals surface area contributed by atoms with Crippen molar-refractivity contribution in [2.24, 2.45) is 11.7 Å². The largest absolute Gasteiger partial charge is 0.494 e. The Morgan fingerprint density at radius 1 is 0.448 bits per heavy atom. The van der Waals surface area contributed by atoms with Crippen LogP contribution in [0.25, 0.3) is 33.8 Å². The van der Waals surface area contributed by atoms with Gasteiger partial charge < -0.3 is 68.7 Å². The highest BCUT2D eigenvalue weighted by atomic mass is 79.9. The second-order valence-corrected chi connectivity index (χ2v) is 33.9. The molecule has 7 aromatic carbocycles. The van der Waals surface area contributed by atoms with Crippen molar-refractivity contribution in [1.82, 2.24) is 33.3 Å². The first-order chi connectivity index (χ1) is 68.2. The summed E-state index contributed by atoms with van der Waals surface area (Å²) in [5, 5.41) is 13.5. The van der Waals surface area contributed by atoms with Gasteiger partial charge in [0.2, 0.25) is 11.8 Å². The summed E-state index contributed by atoms with van der Waals surface area (Å²) in [6, 6.07) is 62.5. The average Bonchev–Trinajstić information content (AvgIpc) is 1.63. The van der Waals surface area contributed by atoms with Crippen LogP contribution < -0.4 is 21.5 Å². The van der Waals surface area contributed by atoms with Crippen molar-refractivity contribution < 1.29 is 108 Å². The SMILES string of the molecule is CC(=O)c1cc(-c2ccccc2)n(CCCN2CCOCC2)c1O.CCOC(=O)C(CC(=O)c1ccccc1)C(C)=O.CCOC(=O)CC(C)=O.CCOc1c(C(C)=O)cc(-c2ccccc2)n1CCCN1CCOCC1.Cc1c(C(=O)Nc2cccc(C(F)(F)F)c2)cc(-c2ccccc2)n1CCCN1CCOCC1.Cl.NCCCN1CCOCC1.Nc1cccc(C(F)(F)F)c1.O=C(CBr)c1ccccc1. The van der Waals surface area contributed by atoms with Crippen molar-refractivity contribution >= 4 is 92.3 Å². The number of alkyl halides is 7. The molecule has 0 aliphatic carbocycles. The fourth-order valence-electron chi connectivity index (χ4n) is 15.4. The lowest BCUT2D eigenvalue weighted by atomic mass is 9.95. The van der Waals surface area contributed by atoms with E-state index < -0.39 is 47.2 Å². The number of halogens is 8. The highest BCUT2D eigenvalue weighted by molar-refractivity contribution is 9.09. The number of aromatic nitrogens is 3. The van der Waals surface area contributed by atoms with Crippen molar-refractivity contribution in [2.75, 3.05) is 174 Å². The number of hydrogen-bond donors (Lipinski definition) is 4. The number of amides is 1. The fourth-order valence-corrected chi connectivity index (χ4v) is 15.7. The number of esters is 2. The van der Waals surface area contributed by atoms with E-state index in [1.807, 2.05) is 140 Å². The Labute approximate surface area is 848 Å². The Morgan fingerprint density at radius 3 is 1.21 bits per heavy atom. The number of nitrogens with two attached hydrogens (primary N) is 2. The van der Waals surface area contributed by atoms with E-state index in [1.54, 1.807) is 57.2 Å². The van der Waals surface area contributed by atoms with Crippen LogP contribution in [0.1, 0.15) is 156 Å². The normalized spacial score (nSPS) is 13.9. The number of nitrogen functional groups attached to an aromatic ring is 1. The van der Waals surface area contributed by atoms with Gasteiger partial charge in [-0.25, -0.2) is 0 Å². The van der Waals surface area contributed by atoms with E-state index in [9.17, 15) is 74.6 Å². The number of hydrogen-bond acceptors (Lipinski definition) is 23. The van der Waals surface area contributed by atoms with Crippen LogP contribution in [0.5, 0.6) is 11.8 Å². The lowest BCUT2D eigenvalue weighted by Crippen LogP contribution is -2.37. The van der Waals surface area contributed by atoms with Crippen LogP contribution in [-0.4, -0.2) is 254 Å². The first-order valence-electron chi connectivity index (χ1n) is 47.7. The number of Topliss-reactive ketones (excluding diaryl/α,β-unsaturated/α-hetero) is 6. The first kappa shape index (κ1) is 120. The number of morpholine rings is 4. The molecular weight excluding hydrogens is 1940 g/mol. The van der Waals surface area contributed by atoms with Gasteiger partial charge in [0.15, 0.2) is 23.1 Å². The predicted octanol–water partition coefficient (Wildman–Crippen LogP) is 18.9. The third kappa shape index (κ3) is 42.2. The van der Waals surface area contributed by atoms with E-state index in [0.29, 0.717) is 53.2 Å². The molecule has 4 aliphatic rings. The number of benzene rings is 7. The molecule has 0 saturated carbocycles. The fraction of sp³-hybridized carbons (Fsp3) is 0.417. The molecule has 1 unspecified atom stereocenters. The number of nitrogens with zero attached hydrogens (tertiary/aromatic N) is 7. The van der Waals surface area contributed by atoms with Crippen LogP contribution >= 0.6 is 28.3 Å². The molecule has 14 rings (SSSR count). The van der Waals surface area contributed by atoms with Gasteiger partial charge in [0.05, 0.1) is 117 Å². The molecule has 143 heavy (non-hydrogen) atoms. The summed E-state index contributed by atoms with van der Waals surface area (Å²) in [5.74, 6) is -2.42. The topological polar surface area (TPSA) is 330 Å². The maximum atomic E-state index is 13.1. The minimum absolute atomic E-state index is 0. The van der Waals surface area contributed by atoms with Gasteiger partial charge in [-0.05, 0) is 165 Å². The monoisotopic (exact) mass is 2070 g/mol. The second kappa shape index (κ2) is 64.8. The van der Waals surface area contributed by atoms with Crippen molar-refractivity contribution in [3.63, 3.8) is 0 Å². The molecule has 0 radical (unpaired) electrons. The molecule has 1 atom stereocenters. The van der Waals surface area contributed by atoms with Crippen LogP contribution in [0.2, 0.25) is 0 Å². The average molecular weight is 2080 g/mol. The zero-order chi connectivity index (χ0) is 103. The summed E-state index contributed by atoms with van der Waals surface area (Å²) in [6.45, 7) is 35.5. The van der Waals surface area contributed by atoms with Gasteiger partial charge in [-0.15, -0.1) is 12.4 Å². The Morgan fingerprint density at radius 2 is 0.825 bits per heavy atom. The van der Waals surface area contributed by atoms with Crippen molar-refractivity contribution in [3.05, 3.63) is 263 Å². The third-order valence-corrected chi connectivity index (χ3v) is 23.3. The van der Waals surface area contributed by atoms with Crippen molar-refractivity contribution in [3.8, 4) is 45.5 Å². The Kier molecular flexibility index (Phi) is 54.3. The van der Waals surface area contributed by atoms with Gasteiger partial charge in [-0.2, -0.15) is 26.3 Å². The molecule has 4 aliphatic heterocycles. The molecule has 10 aromatic rings. The van der Waals surface area contributed by atoms with Gasteiger partial charge in [-0.3, -0.25) is 62.8 Å². The number of nitrogens with one attached hydrogen (secondary N) is 1. The molecule has 0 spiro atoms. The number of anilines is 2. The number of aromatic hydroxyl groups is 1. The van der Waals surface area contributed by atoms with E-state index in [2.05, 4.69) is 66.9 Å². The number of rotatable bonds is 35. The van der Waals surface area contributed by atoms with Crippen molar-refractivity contribution in [1.29, 1.82) is 0 Å². The Hall–Kier alpha value is -11.8. The quantitative estimate of drug-likeness (QED) is 0.00716. The molecule has 0 bridgehead atoms. The third-order valence-electron chi connectivity index (χ3n) is 22.8. The summed E-state index contributed by atoms with van der Waals surface area (Å²) in [6.07, 6.45) is -5.07. The Balaban J connectivity index is 0.000000261. The molecule has 3 aromatic heterocycles. The van der Waals surface area contributed by atoms with Crippen molar-refractivity contribution in [2.45, 2.75) is 126 Å². The second-order valence-electron chi connectivity index (χ2n) is 33.3. The molecule has 6 N–H and O–H groups in total. The molecular formula is C108H136BrClF6N10O17. The number of carbonyl (C=O) groups excluding carboxylic acids is 9. The molecule has 27 nitrogen and oxygen atoms in total. The van der Waals surface area contributed by atoms with Gasteiger partial charge >= 0.3 is 24.3 Å². The molecule has 7 heterocycles. The van der Waals surface area contributed by atoms with Gasteiger partial charge in [-0.1, -0.05) is 180 Å². The van der Waals surface area contributed by atoms with E-state index in [-0.39, 0.29) is 83.8 Å². The van der Waals surface area contributed by atoms with E-state index in [4.69, 9.17) is 39.9 Å². The smallest absolute Gasteiger partial charge is 0.416 e. The van der Waals surface area contributed by atoms with E-state index in [0.717, 1.165) is 246 Å². The lowest BCUT2D eigenvalue weighted by Gasteiger charge is -2.26. The highest BCUT2D eigenvalue weighted by Gasteiger charge is 2.33. The van der Waals surface area contributed by atoms with Crippen LogP contribution in [0.15, 0.2) is 218 Å². The van der Waals surface area contributed by atoms with Gasteiger partial charge in [0.25, 0.3) is 5.91 Å². The number of ether oxygens (including phenoxy) is 7. The lowest BCUT2D eigenvalue weighted by molar-refractivity contribution is -0.151. The summed E-state index contributed by atoms with van der Waals surface area (Å²) in [4.78, 5) is 113. The summed E-state index contributed by atoms with van der Waals surface area (Å²) < 4.78 is 118. The summed E-state index contributed by atoms with van der Waals surface area (Å²) in [7, 11) is 0. The van der Waals surface area contributed by atoms with Crippen LogP contribution in [0.4, 0.5) is 37.7 Å². The molecule has 35 heteroatoms. The zero-order valence-electron chi connectivity index (χ0n) is 82.7. The maximum absolute atomic E-state index is 13.1.